The summed E-state index contributed by atoms with van der Waals surface area (Å²) >= 11 is 1.40. The average Bonchev–Trinajstić information content (AvgIpc) is 2.81. The lowest BCUT2D eigenvalue weighted by molar-refractivity contribution is 0.639. The van der Waals surface area contributed by atoms with Crippen LogP contribution in [0.2, 0.25) is 0 Å². The van der Waals surface area contributed by atoms with Crippen LogP contribution in [0.3, 0.4) is 0 Å². The lowest BCUT2D eigenvalue weighted by atomic mass is 10.0. The fraction of sp³-hybridized carbons (Fsp3) is 0.333. The van der Waals surface area contributed by atoms with E-state index in [0.717, 1.165) is 22.6 Å². The van der Waals surface area contributed by atoms with Crippen LogP contribution in [-0.2, 0) is 6.42 Å². The monoisotopic (exact) mass is 248 g/mol. The highest BCUT2D eigenvalue weighted by Gasteiger charge is 2.18. The van der Waals surface area contributed by atoms with E-state index in [0.29, 0.717) is 0 Å². The maximum Gasteiger partial charge on any atom is 0.0837 e. The smallest absolute Gasteiger partial charge is 0.0837 e. The number of hydrazine groups is 1. The van der Waals surface area contributed by atoms with Gasteiger partial charge >= 0.3 is 0 Å². The van der Waals surface area contributed by atoms with Gasteiger partial charge < -0.3 is 0 Å². The SMILES string of the molecule is CCc1nnsc1C(NN)c1ccc(C)cc1. The predicted octanol–water partition coefficient (Wildman–Crippen LogP) is 1.96. The van der Waals surface area contributed by atoms with Crippen LogP contribution < -0.4 is 11.3 Å². The normalized spacial score (nSPS) is 12.6. The first-order valence-corrected chi connectivity index (χ1v) is 6.37. The molecular weight excluding hydrogens is 232 g/mol. The zero-order valence-electron chi connectivity index (χ0n) is 9.97. The molecule has 0 bridgehead atoms. The Morgan fingerprint density at radius 3 is 2.65 bits per heavy atom. The Labute approximate surface area is 105 Å². The summed E-state index contributed by atoms with van der Waals surface area (Å²) in [4.78, 5) is 1.10. The number of hydrogen-bond donors (Lipinski definition) is 2. The minimum atomic E-state index is -0.0226. The van der Waals surface area contributed by atoms with Gasteiger partial charge in [-0.15, -0.1) is 5.10 Å². The molecule has 3 N–H and O–H groups in total. The van der Waals surface area contributed by atoms with Crippen LogP contribution in [0.5, 0.6) is 0 Å². The van der Waals surface area contributed by atoms with Crippen molar-refractivity contribution in [1.82, 2.24) is 15.0 Å². The van der Waals surface area contributed by atoms with E-state index in [1.165, 1.54) is 17.1 Å². The van der Waals surface area contributed by atoms with E-state index in [-0.39, 0.29) is 6.04 Å². The molecule has 2 rings (SSSR count). The number of hydrogen-bond acceptors (Lipinski definition) is 5. The van der Waals surface area contributed by atoms with Gasteiger partial charge in [0.15, 0.2) is 0 Å². The van der Waals surface area contributed by atoms with Gasteiger partial charge in [0, 0.05) is 0 Å². The van der Waals surface area contributed by atoms with Gasteiger partial charge in [-0.1, -0.05) is 41.2 Å². The molecule has 0 fully saturated rings. The van der Waals surface area contributed by atoms with Gasteiger partial charge in [0.05, 0.1) is 16.6 Å². The van der Waals surface area contributed by atoms with Crippen LogP contribution in [0.1, 0.15) is 34.7 Å². The van der Waals surface area contributed by atoms with Crippen LogP contribution in [0.15, 0.2) is 24.3 Å². The van der Waals surface area contributed by atoms with Crippen molar-refractivity contribution in [2.24, 2.45) is 5.84 Å². The molecule has 0 radical (unpaired) electrons. The lowest BCUT2D eigenvalue weighted by Gasteiger charge is -2.15. The van der Waals surface area contributed by atoms with Gasteiger partial charge in [-0.05, 0) is 30.4 Å². The Hall–Kier alpha value is -1.30. The number of benzene rings is 1. The van der Waals surface area contributed by atoms with E-state index < -0.39 is 0 Å². The van der Waals surface area contributed by atoms with Crippen LogP contribution in [-0.4, -0.2) is 9.59 Å². The topological polar surface area (TPSA) is 63.8 Å². The molecule has 90 valence electrons. The van der Waals surface area contributed by atoms with Crippen LogP contribution in [0.4, 0.5) is 0 Å². The third kappa shape index (κ3) is 2.52. The fourth-order valence-corrected chi connectivity index (χ4v) is 2.59. The van der Waals surface area contributed by atoms with E-state index in [4.69, 9.17) is 5.84 Å². The molecule has 1 aromatic heterocycles. The van der Waals surface area contributed by atoms with E-state index >= 15 is 0 Å². The third-order valence-electron chi connectivity index (χ3n) is 2.76. The average molecular weight is 248 g/mol. The van der Waals surface area contributed by atoms with Crippen molar-refractivity contribution in [2.75, 3.05) is 0 Å². The highest BCUT2D eigenvalue weighted by molar-refractivity contribution is 7.05. The van der Waals surface area contributed by atoms with Gasteiger partial charge in [0.2, 0.25) is 0 Å². The van der Waals surface area contributed by atoms with Crippen molar-refractivity contribution in [2.45, 2.75) is 26.3 Å². The van der Waals surface area contributed by atoms with Gasteiger partial charge in [-0.2, -0.15) is 0 Å². The summed E-state index contributed by atoms with van der Waals surface area (Å²) in [7, 11) is 0. The van der Waals surface area contributed by atoms with Crippen LogP contribution >= 0.6 is 11.5 Å². The Kier molecular flexibility index (Phi) is 3.83. The number of nitrogens with one attached hydrogen (secondary N) is 1. The largest absolute Gasteiger partial charge is 0.271 e. The molecule has 0 spiro atoms. The fourth-order valence-electron chi connectivity index (χ4n) is 1.76. The summed E-state index contributed by atoms with van der Waals surface area (Å²) in [6.07, 6.45) is 0.871. The summed E-state index contributed by atoms with van der Waals surface area (Å²) in [5, 5.41) is 4.12. The first kappa shape index (κ1) is 12.2. The van der Waals surface area contributed by atoms with E-state index in [2.05, 4.69) is 53.1 Å². The molecule has 0 aliphatic carbocycles. The first-order valence-electron chi connectivity index (χ1n) is 5.60. The molecule has 0 aliphatic rings. The highest BCUT2D eigenvalue weighted by atomic mass is 32.1. The molecule has 0 saturated heterocycles. The predicted molar refractivity (Wildman–Crippen MR) is 69.6 cm³/mol. The lowest BCUT2D eigenvalue weighted by Crippen LogP contribution is -2.28. The maximum absolute atomic E-state index is 5.66. The third-order valence-corrected chi connectivity index (χ3v) is 3.59. The van der Waals surface area contributed by atoms with E-state index in [9.17, 15) is 0 Å². The van der Waals surface area contributed by atoms with Gasteiger partial charge in [-0.25, -0.2) is 5.43 Å². The standard InChI is InChI=1S/C12H16N4S/c1-3-10-12(17-16-15-10)11(14-13)9-6-4-8(2)5-7-9/h4-7,11,14H,3,13H2,1-2H3. The maximum atomic E-state index is 5.66. The molecule has 2 aromatic rings. The summed E-state index contributed by atoms with van der Waals surface area (Å²) in [6, 6.07) is 8.31. The van der Waals surface area contributed by atoms with Gasteiger partial charge in [-0.3, -0.25) is 5.84 Å². The second kappa shape index (κ2) is 5.35. The highest BCUT2D eigenvalue weighted by Crippen LogP contribution is 2.26. The van der Waals surface area contributed by atoms with Crippen molar-refractivity contribution in [3.05, 3.63) is 46.0 Å². The molecule has 0 aliphatic heterocycles. The van der Waals surface area contributed by atoms with Gasteiger partial charge in [0.25, 0.3) is 0 Å². The number of aryl methyl sites for hydroxylation is 2. The zero-order chi connectivity index (χ0) is 12.3. The number of nitrogens with zero attached hydrogens (tertiary/aromatic N) is 2. The van der Waals surface area contributed by atoms with E-state index in [1.54, 1.807) is 0 Å². The molecule has 1 unspecified atom stereocenters. The quantitative estimate of drug-likeness (QED) is 0.641. The molecule has 4 nitrogen and oxygen atoms in total. The van der Waals surface area contributed by atoms with E-state index in [1.807, 2.05) is 0 Å². The molecule has 1 heterocycles. The number of nitrogens with two attached hydrogens (primary N) is 1. The zero-order valence-corrected chi connectivity index (χ0v) is 10.8. The molecule has 0 saturated carbocycles. The van der Waals surface area contributed by atoms with Crippen molar-refractivity contribution in [3.8, 4) is 0 Å². The van der Waals surface area contributed by atoms with Crippen molar-refractivity contribution < 1.29 is 0 Å². The summed E-state index contributed by atoms with van der Waals surface area (Å²) < 4.78 is 4.00. The Morgan fingerprint density at radius 1 is 1.35 bits per heavy atom. The van der Waals surface area contributed by atoms with Gasteiger partial charge in [0.1, 0.15) is 0 Å². The second-order valence-corrected chi connectivity index (χ2v) is 4.73. The minimum absolute atomic E-state index is 0.0226. The number of rotatable bonds is 4. The van der Waals surface area contributed by atoms with Crippen molar-refractivity contribution in [3.63, 3.8) is 0 Å². The summed E-state index contributed by atoms with van der Waals surface area (Å²) in [5.74, 6) is 5.66. The molecule has 1 aromatic carbocycles. The molecular formula is C12H16N4S. The molecule has 5 heteroatoms. The van der Waals surface area contributed by atoms with Crippen molar-refractivity contribution in [1.29, 1.82) is 0 Å². The first-order chi connectivity index (χ1) is 8.26. The Morgan fingerprint density at radius 2 is 2.06 bits per heavy atom. The number of aromatic nitrogens is 2. The minimum Gasteiger partial charge on any atom is -0.271 e. The van der Waals surface area contributed by atoms with Crippen LogP contribution in [0, 0.1) is 6.92 Å². The van der Waals surface area contributed by atoms with Crippen LogP contribution in [0.25, 0.3) is 0 Å². The Balaban J connectivity index is 2.36. The Bertz CT molecular complexity index is 478. The molecule has 17 heavy (non-hydrogen) atoms. The molecule has 0 amide bonds. The summed E-state index contributed by atoms with van der Waals surface area (Å²) in [6.45, 7) is 4.14. The molecule has 1 atom stereocenters. The summed E-state index contributed by atoms with van der Waals surface area (Å²) in [5.41, 5.74) is 6.23. The second-order valence-electron chi connectivity index (χ2n) is 3.95. The van der Waals surface area contributed by atoms with Crippen molar-refractivity contribution >= 4 is 11.5 Å².